The highest BCUT2D eigenvalue weighted by Crippen LogP contribution is 2.26. The molecule has 0 radical (unpaired) electrons. The van der Waals surface area contributed by atoms with E-state index >= 15 is 0 Å². The summed E-state index contributed by atoms with van der Waals surface area (Å²) >= 11 is 0. The lowest BCUT2D eigenvalue weighted by Gasteiger charge is -2.17. The van der Waals surface area contributed by atoms with Crippen LogP contribution in [0.2, 0.25) is 0 Å². The summed E-state index contributed by atoms with van der Waals surface area (Å²) in [5.74, 6) is 0.356. The number of para-hydroxylation sites is 1. The fourth-order valence-electron chi connectivity index (χ4n) is 2.14. The smallest absolute Gasteiger partial charge is 0.152 e. The maximum atomic E-state index is 11.6. The molecule has 0 saturated heterocycles. The highest BCUT2D eigenvalue weighted by Gasteiger charge is 2.19. The van der Waals surface area contributed by atoms with Crippen molar-refractivity contribution in [3.05, 3.63) is 29.8 Å². The van der Waals surface area contributed by atoms with Gasteiger partial charge in [0.2, 0.25) is 0 Å². The molecule has 0 fully saturated rings. The average molecular weight is 203 g/mol. The molecule has 0 aromatic heterocycles. The zero-order chi connectivity index (χ0) is 10.7. The SMILES string of the molecule is CCCC(=O)CN1CCc2ccccc21. The summed E-state index contributed by atoms with van der Waals surface area (Å²) in [7, 11) is 0. The van der Waals surface area contributed by atoms with Crippen LogP contribution in [0.1, 0.15) is 25.3 Å². The Balaban J connectivity index is 2.04. The first kappa shape index (κ1) is 10.2. The number of nitrogens with zero attached hydrogens (tertiary/aromatic N) is 1. The van der Waals surface area contributed by atoms with Crippen LogP contribution in [0.5, 0.6) is 0 Å². The lowest BCUT2D eigenvalue weighted by Crippen LogP contribution is -2.27. The number of hydrogen-bond acceptors (Lipinski definition) is 2. The van der Waals surface area contributed by atoms with E-state index in [2.05, 4.69) is 30.0 Å². The van der Waals surface area contributed by atoms with Gasteiger partial charge in [0.05, 0.1) is 6.54 Å². The van der Waals surface area contributed by atoms with E-state index in [9.17, 15) is 4.79 Å². The van der Waals surface area contributed by atoms with Gasteiger partial charge in [0, 0.05) is 18.7 Å². The van der Waals surface area contributed by atoms with Gasteiger partial charge in [-0.25, -0.2) is 0 Å². The van der Waals surface area contributed by atoms with Crippen molar-refractivity contribution in [2.75, 3.05) is 18.0 Å². The first-order valence-corrected chi connectivity index (χ1v) is 5.66. The number of anilines is 1. The van der Waals surface area contributed by atoms with Crippen LogP contribution in [0.15, 0.2) is 24.3 Å². The molecular weight excluding hydrogens is 186 g/mol. The number of ketones is 1. The van der Waals surface area contributed by atoms with Gasteiger partial charge in [-0.05, 0) is 24.5 Å². The molecule has 1 aliphatic rings. The second kappa shape index (κ2) is 4.47. The first-order chi connectivity index (χ1) is 7.31. The second-order valence-electron chi connectivity index (χ2n) is 4.09. The van der Waals surface area contributed by atoms with Crippen molar-refractivity contribution in [1.29, 1.82) is 0 Å². The van der Waals surface area contributed by atoms with Crippen LogP contribution in [0, 0.1) is 0 Å². The van der Waals surface area contributed by atoms with Crippen LogP contribution in [-0.2, 0) is 11.2 Å². The van der Waals surface area contributed by atoms with Gasteiger partial charge in [-0.1, -0.05) is 25.1 Å². The summed E-state index contributed by atoms with van der Waals surface area (Å²) in [6, 6.07) is 8.37. The molecule has 0 spiro atoms. The van der Waals surface area contributed by atoms with Gasteiger partial charge in [0.1, 0.15) is 0 Å². The lowest BCUT2D eigenvalue weighted by molar-refractivity contribution is -0.117. The van der Waals surface area contributed by atoms with Gasteiger partial charge >= 0.3 is 0 Å². The van der Waals surface area contributed by atoms with Gasteiger partial charge in [-0.3, -0.25) is 4.79 Å². The molecule has 1 heterocycles. The third-order valence-corrected chi connectivity index (χ3v) is 2.88. The molecule has 2 heteroatoms. The third-order valence-electron chi connectivity index (χ3n) is 2.88. The Morgan fingerprint density at radius 1 is 1.40 bits per heavy atom. The van der Waals surface area contributed by atoms with E-state index in [4.69, 9.17) is 0 Å². The summed E-state index contributed by atoms with van der Waals surface area (Å²) in [5, 5.41) is 0. The molecule has 2 rings (SSSR count). The minimum absolute atomic E-state index is 0.356. The Morgan fingerprint density at radius 3 is 3.00 bits per heavy atom. The Morgan fingerprint density at radius 2 is 2.20 bits per heavy atom. The van der Waals surface area contributed by atoms with E-state index in [0.717, 1.165) is 19.4 Å². The second-order valence-corrected chi connectivity index (χ2v) is 4.09. The van der Waals surface area contributed by atoms with Gasteiger partial charge in [0.25, 0.3) is 0 Å². The summed E-state index contributed by atoms with van der Waals surface area (Å²) < 4.78 is 0. The van der Waals surface area contributed by atoms with Gasteiger partial charge in [0.15, 0.2) is 5.78 Å². The van der Waals surface area contributed by atoms with Crippen molar-refractivity contribution < 1.29 is 4.79 Å². The van der Waals surface area contributed by atoms with Crippen LogP contribution in [0.25, 0.3) is 0 Å². The van der Waals surface area contributed by atoms with E-state index < -0.39 is 0 Å². The Labute approximate surface area is 90.9 Å². The largest absolute Gasteiger partial charge is 0.364 e. The number of carbonyl (C=O) groups is 1. The number of carbonyl (C=O) groups excluding carboxylic acids is 1. The summed E-state index contributed by atoms with van der Waals surface area (Å²) in [6.07, 6.45) is 2.74. The Bertz CT molecular complexity index is 359. The molecule has 0 aliphatic carbocycles. The fraction of sp³-hybridized carbons (Fsp3) is 0.462. The predicted molar refractivity (Wildman–Crippen MR) is 62.3 cm³/mol. The highest BCUT2D eigenvalue weighted by molar-refractivity contribution is 5.84. The van der Waals surface area contributed by atoms with E-state index in [-0.39, 0.29) is 0 Å². The van der Waals surface area contributed by atoms with Gasteiger partial charge in [-0.15, -0.1) is 0 Å². The molecular formula is C13H17NO. The van der Waals surface area contributed by atoms with E-state index in [1.807, 2.05) is 6.07 Å². The maximum Gasteiger partial charge on any atom is 0.152 e. The van der Waals surface area contributed by atoms with Crippen LogP contribution >= 0.6 is 0 Å². The van der Waals surface area contributed by atoms with Crippen molar-refractivity contribution in [3.63, 3.8) is 0 Å². The number of Topliss-reactive ketones (excluding diaryl/α,β-unsaturated/α-hetero) is 1. The molecule has 2 nitrogen and oxygen atoms in total. The molecule has 0 saturated carbocycles. The maximum absolute atomic E-state index is 11.6. The van der Waals surface area contributed by atoms with Crippen molar-refractivity contribution in [3.8, 4) is 0 Å². The summed E-state index contributed by atoms with van der Waals surface area (Å²) in [4.78, 5) is 13.8. The zero-order valence-corrected chi connectivity index (χ0v) is 9.20. The molecule has 1 aromatic rings. The van der Waals surface area contributed by atoms with Gasteiger partial charge < -0.3 is 4.90 Å². The van der Waals surface area contributed by atoms with Crippen LogP contribution < -0.4 is 4.90 Å². The van der Waals surface area contributed by atoms with Crippen molar-refractivity contribution in [1.82, 2.24) is 0 Å². The average Bonchev–Trinajstić information content (AvgIpc) is 2.62. The fourth-order valence-corrected chi connectivity index (χ4v) is 2.14. The number of rotatable bonds is 4. The van der Waals surface area contributed by atoms with E-state index in [0.29, 0.717) is 18.7 Å². The number of hydrogen-bond donors (Lipinski definition) is 0. The van der Waals surface area contributed by atoms with E-state index in [1.54, 1.807) is 0 Å². The quantitative estimate of drug-likeness (QED) is 0.749. The summed E-state index contributed by atoms with van der Waals surface area (Å²) in [6.45, 7) is 3.63. The minimum atomic E-state index is 0.356. The molecule has 0 amide bonds. The Kier molecular flexibility index (Phi) is 3.05. The van der Waals surface area contributed by atoms with Crippen LogP contribution in [-0.4, -0.2) is 18.9 Å². The predicted octanol–water partition coefficient (Wildman–Crippen LogP) is 2.42. The third kappa shape index (κ3) is 2.20. The first-order valence-electron chi connectivity index (χ1n) is 5.66. The number of benzene rings is 1. The van der Waals surface area contributed by atoms with Crippen LogP contribution in [0.4, 0.5) is 5.69 Å². The molecule has 15 heavy (non-hydrogen) atoms. The minimum Gasteiger partial charge on any atom is -0.364 e. The molecule has 1 aromatic carbocycles. The Hall–Kier alpha value is -1.31. The molecule has 0 unspecified atom stereocenters. The summed E-state index contributed by atoms with van der Waals surface area (Å²) in [5.41, 5.74) is 2.63. The molecule has 0 N–H and O–H groups in total. The normalized spacial score (nSPS) is 14.1. The molecule has 80 valence electrons. The van der Waals surface area contributed by atoms with Crippen molar-refractivity contribution >= 4 is 11.5 Å². The topological polar surface area (TPSA) is 20.3 Å². The zero-order valence-electron chi connectivity index (χ0n) is 9.20. The monoisotopic (exact) mass is 203 g/mol. The van der Waals surface area contributed by atoms with Gasteiger partial charge in [-0.2, -0.15) is 0 Å². The van der Waals surface area contributed by atoms with E-state index in [1.165, 1.54) is 11.3 Å². The highest BCUT2D eigenvalue weighted by atomic mass is 16.1. The number of fused-ring (bicyclic) bond motifs is 1. The van der Waals surface area contributed by atoms with Crippen molar-refractivity contribution in [2.45, 2.75) is 26.2 Å². The molecule has 0 bridgehead atoms. The standard InChI is InChI=1S/C13H17NO/c1-2-5-12(15)10-14-9-8-11-6-3-4-7-13(11)14/h3-4,6-7H,2,5,8-10H2,1H3. The van der Waals surface area contributed by atoms with Crippen LogP contribution in [0.3, 0.4) is 0 Å². The van der Waals surface area contributed by atoms with Crippen molar-refractivity contribution in [2.24, 2.45) is 0 Å². The lowest BCUT2D eigenvalue weighted by atomic mass is 10.2. The molecule has 1 aliphatic heterocycles. The molecule has 0 atom stereocenters.